The molecule has 12 heavy (non-hydrogen) atoms. The summed E-state index contributed by atoms with van der Waals surface area (Å²) in [7, 11) is 0. The monoisotopic (exact) mass is 171 g/mol. The van der Waals surface area contributed by atoms with Gasteiger partial charge in [0.25, 0.3) is 0 Å². The summed E-state index contributed by atoms with van der Waals surface area (Å²) in [4.78, 5) is 0. The molecule has 0 aromatic rings. The van der Waals surface area contributed by atoms with E-state index in [1.54, 1.807) is 6.92 Å². The third kappa shape index (κ3) is 5.33. The molecule has 2 unspecified atom stereocenters. The molecule has 0 aromatic carbocycles. The van der Waals surface area contributed by atoms with Crippen molar-refractivity contribution in [1.29, 1.82) is 0 Å². The zero-order valence-electron chi connectivity index (χ0n) is 8.38. The summed E-state index contributed by atoms with van der Waals surface area (Å²) in [6.45, 7) is 10.5. The van der Waals surface area contributed by atoms with Gasteiger partial charge in [-0.15, -0.1) is 6.58 Å². The predicted octanol–water partition coefficient (Wildman–Crippen LogP) is 1.56. The standard InChI is InChI=1S/C10H21NO/c1-5-6-10(8(2)3)11-7-9(4)12/h5,8-12H,1,6-7H2,2-4H3. The van der Waals surface area contributed by atoms with Crippen LogP contribution in [0, 0.1) is 5.92 Å². The molecular weight excluding hydrogens is 150 g/mol. The van der Waals surface area contributed by atoms with Crippen molar-refractivity contribution < 1.29 is 5.11 Å². The van der Waals surface area contributed by atoms with Gasteiger partial charge in [0.1, 0.15) is 0 Å². The third-order valence-electron chi connectivity index (χ3n) is 1.90. The Balaban J connectivity index is 3.70. The molecule has 0 aliphatic rings. The van der Waals surface area contributed by atoms with Crippen molar-refractivity contribution in [2.75, 3.05) is 6.54 Å². The molecule has 2 N–H and O–H groups in total. The Kier molecular flexibility index (Phi) is 6.03. The molecule has 72 valence electrons. The molecule has 0 bridgehead atoms. The van der Waals surface area contributed by atoms with Crippen LogP contribution >= 0.6 is 0 Å². The van der Waals surface area contributed by atoms with Crippen LogP contribution in [0.1, 0.15) is 27.2 Å². The van der Waals surface area contributed by atoms with Crippen molar-refractivity contribution in [3.8, 4) is 0 Å². The minimum absolute atomic E-state index is 0.268. The van der Waals surface area contributed by atoms with Gasteiger partial charge in [-0.2, -0.15) is 0 Å². The second kappa shape index (κ2) is 6.21. The van der Waals surface area contributed by atoms with Crippen molar-refractivity contribution in [2.24, 2.45) is 5.92 Å². The molecule has 0 spiro atoms. The van der Waals surface area contributed by atoms with Crippen LogP contribution in [0.4, 0.5) is 0 Å². The van der Waals surface area contributed by atoms with Crippen LogP contribution in [0.2, 0.25) is 0 Å². The molecule has 0 aliphatic carbocycles. The summed E-state index contributed by atoms with van der Waals surface area (Å²) in [5, 5.41) is 12.4. The average Bonchev–Trinajstić information content (AvgIpc) is 1.96. The maximum atomic E-state index is 9.06. The predicted molar refractivity (Wildman–Crippen MR) is 53.1 cm³/mol. The topological polar surface area (TPSA) is 32.3 Å². The minimum atomic E-state index is -0.268. The highest BCUT2D eigenvalue weighted by atomic mass is 16.3. The van der Waals surface area contributed by atoms with Gasteiger partial charge in [0, 0.05) is 12.6 Å². The van der Waals surface area contributed by atoms with E-state index in [1.165, 1.54) is 0 Å². The van der Waals surface area contributed by atoms with Gasteiger partial charge >= 0.3 is 0 Å². The Labute approximate surface area is 75.7 Å². The number of nitrogens with one attached hydrogen (secondary N) is 1. The van der Waals surface area contributed by atoms with Gasteiger partial charge in [0.2, 0.25) is 0 Å². The Morgan fingerprint density at radius 2 is 2.00 bits per heavy atom. The zero-order chi connectivity index (χ0) is 9.56. The first-order valence-electron chi connectivity index (χ1n) is 4.60. The first-order chi connectivity index (χ1) is 5.57. The van der Waals surface area contributed by atoms with Gasteiger partial charge in [-0.3, -0.25) is 0 Å². The second-order valence-electron chi connectivity index (χ2n) is 3.63. The van der Waals surface area contributed by atoms with E-state index in [9.17, 15) is 0 Å². The maximum absolute atomic E-state index is 9.06. The zero-order valence-corrected chi connectivity index (χ0v) is 8.38. The van der Waals surface area contributed by atoms with Crippen LogP contribution in [0.15, 0.2) is 12.7 Å². The smallest absolute Gasteiger partial charge is 0.0636 e. The summed E-state index contributed by atoms with van der Waals surface area (Å²) in [5.41, 5.74) is 0. The number of rotatable bonds is 6. The molecule has 0 radical (unpaired) electrons. The molecule has 0 aliphatic heterocycles. The SMILES string of the molecule is C=CCC(NCC(C)O)C(C)C. The Morgan fingerprint density at radius 3 is 2.33 bits per heavy atom. The minimum Gasteiger partial charge on any atom is -0.392 e. The lowest BCUT2D eigenvalue weighted by atomic mass is 10.0. The molecule has 2 heteroatoms. The number of hydrogen-bond acceptors (Lipinski definition) is 2. The highest BCUT2D eigenvalue weighted by Gasteiger charge is 2.10. The normalized spacial score (nSPS) is 16.1. The lowest BCUT2D eigenvalue weighted by molar-refractivity contribution is 0.181. The van der Waals surface area contributed by atoms with Crippen molar-refractivity contribution in [1.82, 2.24) is 5.32 Å². The fraction of sp³-hybridized carbons (Fsp3) is 0.800. The Bertz CT molecular complexity index is 121. The lowest BCUT2D eigenvalue weighted by Gasteiger charge is -2.21. The van der Waals surface area contributed by atoms with Gasteiger partial charge in [-0.25, -0.2) is 0 Å². The fourth-order valence-corrected chi connectivity index (χ4v) is 1.09. The van der Waals surface area contributed by atoms with Crippen molar-refractivity contribution in [2.45, 2.75) is 39.3 Å². The first-order valence-corrected chi connectivity index (χ1v) is 4.60. The van der Waals surface area contributed by atoms with E-state index in [0.29, 0.717) is 18.5 Å². The van der Waals surface area contributed by atoms with E-state index in [4.69, 9.17) is 5.11 Å². The second-order valence-corrected chi connectivity index (χ2v) is 3.63. The highest BCUT2D eigenvalue weighted by molar-refractivity contribution is 4.80. The summed E-state index contributed by atoms with van der Waals surface area (Å²) in [6, 6.07) is 0.442. The molecule has 0 aromatic heterocycles. The largest absolute Gasteiger partial charge is 0.392 e. The van der Waals surface area contributed by atoms with E-state index in [-0.39, 0.29) is 6.10 Å². The Morgan fingerprint density at radius 1 is 1.42 bits per heavy atom. The van der Waals surface area contributed by atoms with Gasteiger partial charge in [0.15, 0.2) is 0 Å². The van der Waals surface area contributed by atoms with Crippen molar-refractivity contribution >= 4 is 0 Å². The molecule has 0 fully saturated rings. The molecule has 0 amide bonds. The van der Waals surface area contributed by atoms with E-state index < -0.39 is 0 Å². The average molecular weight is 171 g/mol. The van der Waals surface area contributed by atoms with Gasteiger partial charge in [0.05, 0.1) is 6.10 Å². The quantitative estimate of drug-likeness (QED) is 0.594. The molecule has 2 atom stereocenters. The van der Waals surface area contributed by atoms with E-state index >= 15 is 0 Å². The van der Waals surface area contributed by atoms with Crippen molar-refractivity contribution in [3.05, 3.63) is 12.7 Å². The molecule has 0 heterocycles. The summed E-state index contributed by atoms with van der Waals surface area (Å²) in [5.74, 6) is 0.585. The van der Waals surface area contributed by atoms with Crippen LogP contribution in [0.5, 0.6) is 0 Å². The van der Waals surface area contributed by atoms with E-state index in [1.807, 2.05) is 6.08 Å². The van der Waals surface area contributed by atoms with Gasteiger partial charge in [-0.1, -0.05) is 19.9 Å². The van der Waals surface area contributed by atoms with Crippen molar-refractivity contribution in [3.63, 3.8) is 0 Å². The van der Waals surface area contributed by atoms with Gasteiger partial charge < -0.3 is 10.4 Å². The number of hydrogen-bond donors (Lipinski definition) is 2. The maximum Gasteiger partial charge on any atom is 0.0636 e. The number of aliphatic hydroxyl groups is 1. The molecule has 2 nitrogen and oxygen atoms in total. The molecule has 0 saturated heterocycles. The Hall–Kier alpha value is -0.340. The lowest BCUT2D eigenvalue weighted by Crippen LogP contribution is -2.37. The molecule has 0 saturated carbocycles. The summed E-state index contributed by atoms with van der Waals surface area (Å²) >= 11 is 0. The van der Waals surface area contributed by atoms with Crippen LogP contribution in [-0.4, -0.2) is 23.8 Å². The third-order valence-corrected chi connectivity index (χ3v) is 1.90. The van der Waals surface area contributed by atoms with Gasteiger partial charge in [-0.05, 0) is 19.3 Å². The highest BCUT2D eigenvalue weighted by Crippen LogP contribution is 2.05. The van der Waals surface area contributed by atoms with E-state index in [2.05, 4.69) is 25.7 Å². The van der Waals surface area contributed by atoms with Crippen LogP contribution in [0.25, 0.3) is 0 Å². The summed E-state index contributed by atoms with van der Waals surface area (Å²) < 4.78 is 0. The van der Waals surface area contributed by atoms with Crippen LogP contribution < -0.4 is 5.32 Å². The molecule has 0 rings (SSSR count). The number of aliphatic hydroxyl groups excluding tert-OH is 1. The van der Waals surface area contributed by atoms with Crippen LogP contribution in [-0.2, 0) is 0 Å². The van der Waals surface area contributed by atoms with E-state index in [0.717, 1.165) is 6.42 Å². The summed E-state index contributed by atoms with van der Waals surface area (Å²) in [6.07, 6.45) is 2.61. The van der Waals surface area contributed by atoms with Crippen LogP contribution in [0.3, 0.4) is 0 Å². The molecular formula is C10H21NO. The fourth-order valence-electron chi connectivity index (χ4n) is 1.09. The first kappa shape index (κ1) is 11.7.